The van der Waals surface area contributed by atoms with Gasteiger partial charge in [-0.05, 0) is 23.6 Å². The molecule has 0 bridgehead atoms. The lowest BCUT2D eigenvalue weighted by Crippen LogP contribution is -2.31. The first-order valence-corrected chi connectivity index (χ1v) is 6.53. The highest BCUT2D eigenvalue weighted by molar-refractivity contribution is 6.24. The Morgan fingerprint density at radius 3 is 2.52 bits per heavy atom. The van der Waals surface area contributed by atoms with Crippen molar-refractivity contribution in [3.63, 3.8) is 0 Å². The van der Waals surface area contributed by atoms with Crippen LogP contribution in [-0.4, -0.2) is 24.3 Å². The molecule has 2 N–H and O–H groups in total. The molecule has 1 heterocycles. The lowest BCUT2D eigenvalue weighted by atomic mass is 10.0. The van der Waals surface area contributed by atoms with Gasteiger partial charge in [0.25, 0.3) is 0 Å². The molecule has 2 amide bonds. The van der Waals surface area contributed by atoms with Gasteiger partial charge < -0.3 is 10.5 Å². The topological polar surface area (TPSA) is 95.9 Å². The molecular formula is C15H16N3O3. The minimum atomic E-state index is -0.714. The molecule has 0 aromatic heterocycles. The van der Waals surface area contributed by atoms with Crippen LogP contribution in [0.5, 0.6) is 5.75 Å². The van der Waals surface area contributed by atoms with Crippen molar-refractivity contribution in [3.05, 3.63) is 41.6 Å². The quantitative estimate of drug-likeness (QED) is 0.891. The number of carbonyl (C=O) groups excluding carboxylic acids is 2. The molecule has 0 fully saturated rings. The molecule has 6 heteroatoms. The number of rotatable bonds is 5. The fourth-order valence-electron chi connectivity index (χ4n) is 1.77. The summed E-state index contributed by atoms with van der Waals surface area (Å²) in [5.41, 5.74) is 6.80. The maximum Gasteiger partial charge on any atom is 0.368 e. The summed E-state index contributed by atoms with van der Waals surface area (Å²) >= 11 is 0. The molecule has 1 aromatic carbocycles. The molecule has 1 aliphatic heterocycles. The summed E-state index contributed by atoms with van der Waals surface area (Å²) in [7, 11) is 0. The Morgan fingerprint density at radius 1 is 1.29 bits per heavy atom. The van der Waals surface area contributed by atoms with Gasteiger partial charge in [0.05, 0.1) is 5.57 Å². The first-order valence-electron chi connectivity index (χ1n) is 6.53. The molecular weight excluding hydrogens is 270 g/mol. The van der Waals surface area contributed by atoms with Crippen LogP contribution >= 0.6 is 0 Å². The SMILES string of the molecule is CC(C)c1ccc(OCC(=O)C2=C[N]C(=O)N=C2N)cc1. The second kappa shape index (κ2) is 6.21. The molecule has 0 saturated carbocycles. The Labute approximate surface area is 122 Å². The number of nitrogens with two attached hydrogens (primary N) is 1. The number of Topliss-reactive ketones (excluding diaryl/α,β-unsaturated/α-hetero) is 1. The van der Waals surface area contributed by atoms with Gasteiger partial charge in [-0.25, -0.2) is 4.79 Å². The number of nitrogens with zero attached hydrogens (tertiary/aromatic N) is 2. The van der Waals surface area contributed by atoms with Crippen LogP contribution in [0.4, 0.5) is 4.79 Å². The summed E-state index contributed by atoms with van der Waals surface area (Å²) in [6, 6.07) is 6.81. The summed E-state index contributed by atoms with van der Waals surface area (Å²) < 4.78 is 5.40. The second-order valence-electron chi connectivity index (χ2n) is 4.89. The van der Waals surface area contributed by atoms with Crippen molar-refractivity contribution in [1.82, 2.24) is 5.32 Å². The number of aliphatic imine (C=N–C) groups is 1. The fourth-order valence-corrected chi connectivity index (χ4v) is 1.77. The molecule has 6 nitrogen and oxygen atoms in total. The van der Waals surface area contributed by atoms with Gasteiger partial charge in [0.1, 0.15) is 11.6 Å². The van der Waals surface area contributed by atoms with Crippen molar-refractivity contribution in [2.75, 3.05) is 6.61 Å². The summed E-state index contributed by atoms with van der Waals surface area (Å²) in [6.45, 7) is 4.01. The van der Waals surface area contributed by atoms with E-state index in [0.29, 0.717) is 11.7 Å². The van der Waals surface area contributed by atoms with Crippen LogP contribution in [0.2, 0.25) is 0 Å². The van der Waals surface area contributed by atoms with E-state index in [1.54, 1.807) is 0 Å². The third-order valence-electron chi connectivity index (χ3n) is 3.01. The number of carbonyl (C=O) groups is 2. The molecule has 1 aliphatic rings. The van der Waals surface area contributed by atoms with Crippen LogP contribution in [0, 0.1) is 0 Å². The Hall–Kier alpha value is -2.63. The minimum absolute atomic E-state index is 0.0911. The Morgan fingerprint density at radius 2 is 1.95 bits per heavy atom. The Kier molecular flexibility index (Phi) is 4.37. The third-order valence-corrected chi connectivity index (χ3v) is 3.01. The maximum atomic E-state index is 11.9. The van der Waals surface area contributed by atoms with E-state index in [1.165, 1.54) is 5.56 Å². The van der Waals surface area contributed by atoms with Gasteiger partial charge in [-0.1, -0.05) is 26.0 Å². The average molecular weight is 286 g/mol. The van der Waals surface area contributed by atoms with E-state index in [2.05, 4.69) is 24.2 Å². The van der Waals surface area contributed by atoms with Crippen molar-refractivity contribution in [2.45, 2.75) is 19.8 Å². The largest absolute Gasteiger partial charge is 0.485 e. The van der Waals surface area contributed by atoms with E-state index in [4.69, 9.17) is 10.5 Å². The van der Waals surface area contributed by atoms with Gasteiger partial charge in [0.15, 0.2) is 6.61 Å². The van der Waals surface area contributed by atoms with E-state index in [0.717, 1.165) is 6.20 Å². The van der Waals surface area contributed by atoms with Crippen LogP contribution in [-0.2, 0) is 4.79 Å². The summed E-state index contributed by atoms with van der Waals surface area (Å²) in [5, 5.41) is 3.42. The molecule has 0 aliphatic carbocycles. The number of ether oxygens (including phenoxy) is 1. The van der Waals surface area contributed by atoms with E-state index < -0.39 is 6.03 Å². The molecule has 109 valence electrons. The van der Waals surface area contributed by atoms with Gasteiger partial charge in [-0.3, -0.25) is 4.79 Å². The van der Waals surface area contributed by atoms with Crippen molar-refractivity contribution in [3.8, 4) is 5.75 Å². The van der Waals surface area contributed by atoms with Crippen molar-refractivity contribution < 1.29 is 14.3 Å². The Bertz CT molecular complexity index is 616. The van der Waals surface area contributed by atoms with E-state index in [1.807, 2.05) is 24.3 Å². The maximum absolute atomic E-state index is 11.9. The van der Waals surface area contributed by atoms with Gasteiger partial charge in [0.2, 0.25) is 5.78 Å². The van der Waals surface area contributed by atoms with Crippen LogP contribution in [0.3, 0.4) is 0 Å². The van der Waals surface area contributed by atoms with Gasteiger partial charge in [-0.15, -0.1) is 0 Å². The standard InChI is InChI=1S/C15H16N3O3/c1-9(2)10-3-5-11(6-4-10)21-8-13(19)12-7-17-15(20)18-14(12)16/h3-7,9H,8H2,1-2H3,(H2,16,18,20). The van der Waals surface area contributed by atoms with Gasteiger partial charge in [0, 0.05) is 6.20 Å². The third kappa shape index (κ3) is 3.68. The van der Waals surface area contributed by atoms with Gasteiger partial charge in [-0.2, -0.15) is 10.3 Å². The molecule has 0 unspecified atom stereocenters. The first kappa shape index (κ1) is 14.8. The number of urea groups is 1. The zero-order valence-electron chi connectivity index (χ0n) is 11.9. The zero-order chi connectivity index (χ0) is 15.4. The summed E-state index contributed by atoms with van der Waals surface area (Å²) in [5.74, 6) is 0.523. The molecule has 1 aromatic rings. The molecule has 2 rings (SSSR count). The highest BCUT2D eigenvalue weighted by Gasteiger charge is 2.20. The molecule has 0 atom stereocenters. The lowest BCUT2D eigenvalue weighted by molar-refractivity contribution is -0.117. The first-order chi connectivity index (χ1) is 9.97. The van der Waals surface area contributed by atoms with E-state index in [-0.39, 0.29) is 23.8 Å². The number of amides is 2. The number of hydrogen-bond donors (Lipinski definition) is 1. The predicted octanol–water partition coefficient (Wildman–Crippen LogP) is 1.74. The highest BCUT2D eigenvalue weighted by Crippen LogP contribution is 2.18. The predicted molar refractivity (Wildman–Crippen MR) is 78.3 cm³/mol. The molecule has 1 radical (unpaired) electrons. The molecule has 0 saturated heterocycles. The number of amidine groups is 1. The summed E-state index contributed by atoms with van der Waals surface area (Å²) in [6.07, 6.45) is 1.12. The Balaban J connectivity index is 1.95. The van der Waals surface area contributed by atoms with Gasteiger partial charge >= 0.3 is 6.03 Å². The highest BCUT2D eigenvalue weighted by atomic mass is 16.5. The zero-order valence-corrected chi connectivity index (χ0v) is 11.9. The number of hydrogen-bond acceptors (Lipinski definition) is 4. The van der Waals surface area contributed by atoms with Crippen molar-refractivity contribution in [2.24, 2.45) is 10.7 Å². The van der Waals surface area contributed by atoms with E-state index >= 15 is 0 Å². The fraction of sp³-hybridized carbons (Fsp3) is 0.267. The average Bonchev–Trinajstić information content (AvgIpc) is 2.45. The monoisotopic (exact) mass is 286 g/mol. The van der Waals surface area contributed by atoms with Crippen molar-refractivity contribution in [1.29, 1.82) is 0 Å². The second-order valence-corrected chi connectivity index (χ2v) is 4.89. The normalized spacial score (nSPS) is 14.3. The van der Waals surface area contributed by atoms with Crippen molar-refractivity contribution >= 4 is 17.6 Å². The van der Waals surface area contributed by atoms with Crippen LogP contribution in [0.1, 0.15) is 25.3 Å². The minimum Gasteiger partial charge on any atom is -0.485 e. The van der Waals surface area contributed by atoms with E-state index in [9.17, 15) is 9.59 Å². The molecule has 21 heavy (non-hydrogen) atoms. The smallest absolute Gasteiger partial charge is 0.368 e. The van der Waals surface area contributed by atoms with Crippen LogP contribution in [0.15, 0.2) is 41.0 Å². The van der Waals surface area contributed by atoms with Crippen LogP contribution in [0.25, 0.3) is 0 Å². The number of ketones is 1. The number of benzene rings is 1. The molecule has 0 spiro atoms. The lowest BCUT2D eigenvalue weighted by Gasteiger charge is -2.11. The van der Waals surface area contributed by atoms with Crippen LogP contribution < -0.4 is 15.8 Å². The summed E-state index contributed by atoms with van der Waals surface area (Å²) in [4.78, 5) is 26.2.